The average Bonchev–Trinajstić information content (AvgIpc) is 3.38. The summed E-state index contributed by atoms with van der Waals surface area (Å²) in [5.74, 6) is -0.0702. The van der Waals surface area contributed by atoms with Crippen LogP contribution in [0.1, 0.15) is 37.8 Å². The molecule has 2 aliphatic rings. The smallest absolute Gasteiger partial charge is 0.262 e. The fourth-order valence-corrected chi connectivity index (χ4v) is 5.39. The van der Waals surface area contributed by atoms with E-state index in [1.165, 1.54) is 6.07 Å². The van der Waals surface area contributed by atoms with Crippen LogP contribution in [0, 0.1) is 12.7 Å². The first-order chi connectivity index (χ1) is 14.4. The third-order valence-electron chi connectivity index (χ3n) is 6.90. The van der Waals surface area contributed by atoms with Crippen molar-refractivity contribution in [1.82, 2.24) is 23.9 Å². The largest absolute Gasteiger partial charge is 0.325 e. The molecule has 6 rings (SSSR count). The van der Waals surface area contributed by atoms with Crippen LogP contribution in [0.3, 0.4) is 0 Å². The Hall–Kier alpha value is -3.13. The Labute approximate surface area is 171 Å². The Bertz CT molecular complexity index is 1400. The number of aryl methyl sites for hydroxylation is 1. The summed E-state index contributed by atoms with van der Waals surface area (Å²) in [6, 6.07) is 3.22. The van der Waals surface area contributed by atoms with Crippen molar-refractivity contribution in [2.24, 2.45) is 5.73 Å². The normalized spacial score (nSPS) is 25.6. The number of halogens is 1. The molecule has 2 fully saturated rings. The number of hydrogen-bond acceptors (Lipinski definition) is 5. The maximum atomic E-state index is 14.5. The van der Waals surface area contributed by atoms with Gasteiger partial charge in [-0.2, -0.15) is 0 Å². The molecule has 30 heavy (non-hydrogen) atoms. The maximum Gasteiger partial charge on any atom is 0.262 e. The van der Waals surface area contributed by atoms with Crippen molar-refractivity contribution in [1.29, 1.82) is 0 Å². The van der Waals surface area contributed by atoms with E-state index >= 15 is 0 Å². The number of nitrogens with zero attached hydrogens (tertiary/aromatic N) is 5. The van der Waals surface area contributed by atoms with Gasteiger partial charge in [-0.3, -0.25) is 4.79 Å². The van der Waals surface area contributed by atoms with E-state index in [0.717, 1.165) is 37.8 Å². The predicted molar refractivity (Wildman–Crippen MR) is 111 cm³/mol. The van der Waals surface area contributed by atoms with Gasteiger partial charge in [0.15, 0.2) is 17.3 Å². The molecule has 0 atom stereocenters. The highest BCUT2D eigenvalue weighted by atomic mass is 19.1. The number of rotatable bonds is 2. The van der Waals surface area contributed by atoms with Gasteiger partial charge in [0, 0.05) is 41.4 Å². The van der Waals surface area contributed by atoms with Crippen LogP contribution < -0.4 is 11.3 Å². The molecule has 0 aromatic carbocycles. The summed E-state index contributed by atoms with van der Waals surface area (Å²) in [4.78, 5) is 26.4. The number of fused-ring (bicyclic) bond motifs is 4. The monoisotopic (exact) mass is 404 g/mol. The van der Waals surface area contributed by atoms with E-state index in [0.29, 0.717) is 22.3 Å². The standard InChI is InChI=1S/C22H21FN6O/c1-13-10-28-11-14(8-16(23)19(28)26-13)18-25-9-15-17(27-18)2-7-29(20(15)30)22-5-3-21(24,12-22)4-6-22/h2,7-11H,3-6,12,24H2,1H3. The van der Waals surface area contributed by atoms with E-state index in [4.69, 9.17) is 5.73 Å². The van der Waals surface area contributed by atoms with Gasteiger partial charge in [-0.15, -0.1) is 0 Å². The van der Waals surface area contributed by atoms with Crippen LogP contribution in [-0.4, -0.2) is 29.5 Å². The number of imidazole rings is 1. The topological polar surface area (TPSA) is 91.1 Å². The van der Waals surface area contributed by atoms with Crippen LogP contribution in [0.15, 0.2) is 41.7 Å². The molecule has 4 heterocycles. The Morgan fingerprint density at radius 1 is 1.17 bits per heavy atom. The molecule has 8 heteroatoms. The molecule has 0 radical (unpaired) electrons. The molecule has 0 saturated heterocycles. The minimum Gasteiger partial charge on any atom is -0.325 e. The summed E-state index contributed by atoms with van der Waals surface area (Å²) in [6.45, 7) is 1.81. The first-order valence-electron chi connectivity index (χ1n) is 10.2. The molecular weight excluding hydrogens is 383 g/mol. The Balaban J connectivity index is 1.46. The van der Waals surface area contributed by atoms with E-state index in [2.05, 4.69) is 15.0 Å². The molecule has 2 N–H and O–H groups in total. The molecule has 4 aromatic heterocycles. The highest BCUT2D eigenvalue weighted by molar-refractivity contribution is 5.78. The lowest BCUT2D eigenvalue weighted by atomic mass is 9.91. The van der Waals surface area contributed by atoms with Gasteiger partial charge in [0.1, 0.15) is 0 Å². The number of aromatic nitrogens is 5. The van der Waals surface area contributed by atoms with Gasteiger partial charge < -0.3 is 14.7 Å². The summed E-state index contributed by atoms with van der Waals surface area (Å²) in [5, 5.41) is 0.470. The number of nitrogens with two attached hydrogens (primary N) is 1. The van der Waals surface area contributed by atoms with E-state index in [1.807, 2.05) is 23.8 Å². The van der Waals surface area contributed by atoms with Crippen molar-refractivity contribution in [3.05, 3.63) is 58.8 Å². The molecule has 2 aliphatic carbocycles. The van der Waals surface area contributed by atoms with Crippen LogP contribution in [0.25, 0.3) is 27.9 Å². The van der Waals surface area contributed by atoms with Gasteiger partial charge in [-0.05, 0) is 51.2 Å². The molecule has 0 amide bonds. The lowest BCUT2D eigenvalue weighted by molar-refractivity contribution is 0.283. The Morgan fingerprint density at radius 3 is 2.70 bits per heavy atom. The molecule has 152 valence electrons. The van der Waals surface area contributed by atoms with E-state index < -0.39 is 5.82 Å². The third-order valence-corrected chi connectivity index (χ3v) is 6.90. The molecule has 0 unspecified atom stereocenters. The molecule has 2 bridgehead atoms. The quantitative estimate of drug-likeness (QED) is 0.555. The maximum absolute atomic E-state index is 14.5. The van der Waals surface area contributed by atoms with Crippen molar-refractivity contribution in [2.45, 2.75) is 50.1 Å². The molecule has 2 saturated carbocycles. The van der Waals surface area contributed by atoms with Crippen molar-refractivity contribution < 1.29 is 4.39 Å². The van der Waals surface area contributed by atoms with E-state index in [9.17, 15) is 9.18 Å². The van der Waals surface area contributed by atoms with Crippen molar-refractivity contribution in [2.75, 3.05) is 0 Å². The fourth-order valence-electron chi connectivity index (χ4n) is 5.39. The van der Waals surface area contributed by atoms with Gasteiger partial charge >= 0.3 is 0 Å². The molecular formula is C22H21FN6O. The molecule has 0 aliphatic heterocycles. The van der Waals surface area contributed by atoms with Gasteiger partial charge in [-0.25, -0.2) is 19.3 Å². The second-order valence-corrected chi connectivity index (χ2v) is 8.94. The minimum absolute atomic E-state index is 0.0860. The van der Waals surface area contributed by atoms with Crippen molar-refractivity contribution in [3.63, 3.8) is 0 Å². The zero-order valence-corrected chi connectivity index (χ0v) is 16.6. The fraction of sp³-hybridized carbons (Fsp3) is 0.364. The molecule has 0 spiro atoms. The Kier molecular flexibility index (Phi) is 3.38. The van der Waals surface area contributed by atoms with Gasteiger partial charge in [-0.1, -0.05) is 0 Å². The van der Waals surface area contributed by atoms with E-state index in [-0.39, 0.29) is 22.3 Å². The van der Waals surface area contributed by atoms with Crippen LogP contribution >= 0.6 is 0 Å². The molecule has 7 nitrogen and oxygen atoms in total. The summed E-state index contributed by atoms with van der Waals surface area (Å²) in [7, 11) is 0. The zero-order valence-electron chi connectivity index (χ0n) is 16.6. The summed E-state index contributed by atoms with van der Waals surface area (Å²) in [5.41, 5.74) is 8.11. The summed E-state index contributed by atoms with van der Waals surface area (Å²) in [6.07, 6.45) is 11.5. The van der Waals surface area contributed by atoms with Crippen LogP contribution in [0.5, 0.6) is 0 Å². The third kappa shape index (κ3) is 2.40. The summed E-state index contributed by atoms with van der Waals surface area (Å²) >= 11 is 0. The van der Waals surface area contributed by atoms with Gasteiger partial charge in [0.25, 0.3) is 5.56 Å². The van der Waals surface area contributed by atoms with Crippen LogP contribution in [0.4, 0.5) is 4.39 Å². The Morgan fingerprint density at radius 2 is 1.97 bits per heavy atom. The lowest BCUT2D eigenvalue weighted by Gasteiger charge is -2.29. The zero-order chi connectivity index (χ0) is 20.7. The first kappa shape index (κ1) is 17.7. The average molecular weight is 404 g/mol. The SMILES string of the molecule is Cc1cn2cc(-c3ncc4c(=O)n(C56CCC(N)(CC5)C6)ccc4n3)cc(F)c2n1. The second-order valence-electron chi connectivity index (χ2n) is 8.94. The van der Waals surface area contributed by atoms with Crippen molar-refractivity contribution in [3.8, 4) is 11.4 Å². The van der Waals surface area contributed by atoms with Crippen LogP contribution in [-0.2, 0) is 5.54 Å². The summed E-state index contributed by atoms with van der Waals surface area (Å²) < 4.78 is 17.9. The van der Waals surface area contributed by atoms with E-state index in [1.54, 1.807) is 23.0 Å². The highest BCUT2D eigenvalue weighted by Crippen LogP contribution is 2.53. The number of pyridine rings is 2. The number of hydrogen-bond donors (Lipinski definition) is 1. The van der Waals surface area contributed by atoms with Gasteiger partial charge in [0.05, 0.1) is 16.6 Å². The molecule has 4 aromatic rings. The first-order valence-corrected chi connectivity index (χ1v) is 10.2. The predicted octanol–water partition coefficient (Wildman–Crippen LogP) is 2.92. The lowest BCUT2D eigenvalue weighted by Crippen LogP contribution is -2.37. The van der Waals surface area contributed by atoms with Crippen LogP contribution in [0.2, 0.25) is 0 Å². The minimum atomic E-state index is -0.438. The second kappa shape index (κ2) is 5.72. The van der Waals surface area contributed by atoms with Gasteiger partial charge in [0.2, 0.25) is 0 Å². The highest BCUT2D eigenvalue weighted by Gasteiger charge is 2.53. The van der Waals surface area contributed by atoms with Crippen molar-refractivity contribution >= 4 is 16.6 Å².